The van der Waals surface area contributed by atoms with Gasteiger partial charge in [-0.1, -0.05) is 17.7 Å². The Morgan fingerprint density at radius 1 is 1.53 bits per heavy atom. The summed E-state index contributed by atoms with van der Waals surface area (Å²) in [6.07, 6.45) is 1.75. The van der Waals surface area contributed by atoms with Crippen molar-refractivity contribution in [3.8, 4) is 0 Å². The molecule has 0 bridgehead atoms. The van der Waals surface area contributed by atoms with Crippen molar-refractivity contribution in [3.05, 3.63) is 34.9 Å². The van der Waals surface area contributed by atoms with E-state index in [1.165, 1.54) is 0 Å². The van der Waals surface area contributed by atoms with Gasteiger partial charge < -0.3 is 5.32 Å². The van der Waals surface area contributed by atoms with Crippen molar-refractivity contribution in [2.45, 2.75) is 18.7 Å². The third-order valence-corrected chi connectivity index (χ3v) is 2.83. The maximum Gasteiger partial charge on any atom is 0.250 e. The topological polar surface area (TPSA) is 29.1 Å². The molecule has 0 aromatic heterocycles. The molecule has 1 rings (SSSR count). The van der Waals surface area contributed by atoms with E-state index in [1.54, 1.807) is 31.2 Å². The van der Waals surface area contributed by atoms with E-state index in [-0.39, 0.29) is 5.91 Å². The number of hydrogen-bond donors (Lipinski definition) is 2. The molecule has 1 aromatic carbocycles. The van der Waals surface area contributed by atoms with Gasteiger partial charge in [-0.2, -0.15) is 0 Å². The Labute approximate surface area is 99.7 Å². The Morgan fingerprint density at radius 2 is 2.20 bits per heavy atom. The predicted molar refractivity (Wildman–Crippen MR) is 66.8 cm³/mol. The van der Waals surface area contributed by atoms with Crippen molar-refractivity contribution in [3.63, 3.8) is 0 Å². The fourth-order valence-corrected chi connectivity index (χ4v) is 1.27. The van der Waals surface area contributed by atoms with Crippen LogP contribution in [0.25, 0.3) is 0 Å². The molecule has 0 radical (unpaired) electrons. The number of amides is 1. The molecule has 80 valence electrons. The lowest BCUT2D eigenvalue weighted by Crippen LogP contribution is -2.12. The maximum atomic E-state index is 11.5. The van der Waals surface area contributed by atoms with Crippen LogP contribution in [0.1, 0.15) is 13.8 Å². The van der Waals surface area contributed by atoms with Crippen LogP contribution in [0.5, 0.6) is 0 Å². The number of halogens is 1. The summed E-state index contributed by atoms with van der Waals surface area (Å²) in [7, 11) is 0. The Morgan fingerprint density at radius 3 is 2.73 bits per heavy atom. The molecule has 0 unspecified atom stereocenters. The molecule has 0 aliphatic carbocycles. The van der Waals surface area contributed by atoms with Crippen molar-refractivity contribution in [1.82, 2.24) is 0 Å². The van der Waals surface area contributed by atoms with Crippen LogP contribution >= 0.6 is 24.2 Å². The van der Waals surface area contributed by atoms with Gasteiger partial charge in [0.2, 0.25) is 0 Å². The van der Waals surface area contributed by atoms with Gasteiger partial charge in [-0.25, -0.2) is 0 Å². The SMILES string of the molecule is C/C=C(\C)C(=O)Nc1ccc(S)c(Cl)c1. The third kappa shape index (κ3) is 3.29. The van der Waals surface area contributed by atoms with E-state index >= 15 is 0 Å². The van der Waals surface area contributed by atoms with Crippen molar-refractivity contribution in [1.29, 1.82) is 0 Å². The Hall–Kier alpha value is -0.930. The van der Waals surface area contributed by atoms with Gasteiger partial charge in [0.25, 0.3) is 5.91 Å². The van der Waals surface area contributed by atoms with Crippen molar-refractivity contribution in [2.24, 2.45) is 0 Å². The van der Waals surface area contributed by atoms with Crippen LogP contribution in [0.2, 0.25) is 5.02 Å². The average Bonchev–Trinajstić information content (AvgIpc) is 2.22. The average molecular weight is 242 g/mol. The number of hydrogen-bond acceptors (Lipinski definition) is 2. The van der Waals surface area contributed by atoms with E-state index in [2.05, 4.69) is 17.9 Å². The van der Waals surface area contributed by atoms with Gasteiger partial charge in [-0.05, 0) is 32.0 Å². The minimum absolute atomic E-state index is 0.125. The summed E-state index contributed by atoms with van der Waals surface area (Å²) in [5.41, 5.74) is 1.34. The van der Waals surface area contributed by atoms with E-state index in [9.17, 15) is 4.79 Å². The van der Waals surface area contributed by atoms with Crippen LogP contribution in [0.15, 0.2) is 34.7 Å². The van der Waals surface area contributed by atoms with E-state index in [4.69, 9.17) is 11.6 Å². The van der Waals surface area contributed by atoms with Crippen LogP contribution in [0.3, 0.4) is 0 Å². The molecule has 0 heterocycles. The van der Waals surface area contributed by atoms with Crippen LogP contribution in [-0.2, 0) is 4.79 Å². The minimum atomic E-state index is -0.125. The second-order valence-corrected chi connectivity index (χ2v) is 3.98. The Kier molecular flexibility index (Phi) is 4.24. The molecular weight excluding hydrogens is 230 g/mol. The summed E-state index contributed by atoms with van der Waals surface area (Å²) in [5, 5.41) is 3.26. The zero-order valence-corrected chi connectivity index (χ0v) is 10.2. The highest BCUT2D eigenvalue weighted by Crippen LogP contribution is 2.23. The number of carbonyl (C=O) groups excluding carboxylic acids is 1. The molecule has 0 aliphatic heterocycles. The molecule has 0 fully saturated rings. The first-order valence-electron chi connectivity index (χ1n) is 4.47. The molecular formula is C11H12ClNOS. The number of nitrogens with one attached hydrogen (secondary N) is 1. The number of allylic oxidation sites excluding steroid dienone is 1. The normalized spacial score (nSPS) is 11.3. The summed E-state index contributed by atoms with van der Waals surface area (Å²) >= 11 is 10.0. The first kappa shape index (κ1) is 12.1. The molecule has 0 aliphatic rings. The van der Waals surface area contributed by atoms with Gasteiger partial charge in [-0.3, -0.25) is 4.79 Å². The van der Waals surface area contributed by atoms with Crippen molar-refractivity contribution in [2.75, 3.05) is 5.32 Å². The van der Waals surface area contributed by atoms with Gasteiger partial charge >= 0.3 is 0 Å². The summed E-state index contributed by atoms with van der Waals surface area (Å²) in [6, 6.07) is 5.17. The molecule has 0 saturated heterocycles. The largest absolute Gasteiger partial charge is 0.322 e. The molecule has 0 saturated carbocycles. The third-order valence-electron chi connectivity index (χ3n) is 2.00. The molecule has 1 aromatic rings. The molecule has 2 nitrogen and oxygen atoms in total. The predicted octanol–water partition coefficient (Wildman–Crippen LogP) is 3.53. The van der Waals surface area contributed by atoms with Crippen LogP contribution in [0.4, 0.5) is 5.69 Å². The van der Waals surface area contributed by atoms with Gasteiger partial charge in [-0.15, -0.1) is 12.6 Å². The second kappa shape index (κ2) is 5.24. The lowest BCUT2D eigenvalue weighted by molar-refractivity contribution is -0.112. The molecule has 1 amide bonds. The zero-order valence-electron chi connectivity index (χ0n) is 8.54. The standard InChI is InChI=1S/C11H12ClNOS/c1-3-7(2)11(14)13-8-4-5-10(15)9(12)6-8/h3-6,15H,1-2H3,(H,13,14)/b7-3+. The van der Waals surface area contributed by atoms with E-state index in [1.807, 2.05) is 6.92 Å². The highest BCUT2D eigenvalue weighted by atomic mass is 35.5. The summed E-state index contributed by atoms with van der Waals surface area (Å²) in [5.74, 6) is -0.125. The first-order valence-corrected chi connectivity index (χ1v) is 5.30. The van der Waals surface area contributed by atoms with E-state index in [0.717, 1.165) is 0 Å². The Balaban J connectivity index is 2.82. The van der Waals surface area contributed by atoms with Crippen LogP contribution < -0.4 is 5.32 Å². The van der Waals surface area contributed by atoms with Gasteiger partial charge in [0.15, 0.2) is 0 Å². The zero-order chi connectivity index (χ0) is 11.4. The van der Waals surface area contributed by atoms with E-state index in [0.29, 0.717) is 21.2 Å². The summed E-state index contributed by atoms with van der Waals surface area (Å²) in [4.78, 5) is 12.2. The number of thiol groups is 1. The second-order valence-electron chi connectivity index (χ2n) is 3.09. The highest BCUT2D eigenvalue weighted by molar-refractivity contribution is 7.80. The minimum Gasteiger partial charge on any atom is -0.322 e. The highest BCUT2D eigenvalue weighted by Gasteiger charge is 2.04. The molecule has 0 spiro atoms. The van der Waals surface area contributed by atoms with Crippen molar-refractivity contribution < 1.29 is 4.79 Å². The van der Waals surface area contributed by atoms with Gasteiger partial charge in [0, 0.05) is 16.2 Å². The smallest absolute Gasteiger partial charge is 0.250 e. The number of carbonyl (C=O) groups is 1. The monoisotopic (exact) mass is 241 g/mol. The first-order chi connectivity index (χ1) is 7.04. The van der Waals surface area contributed by atoms with E-state index < -0.39 is 0 Å². The maximum absolute atomic E-state index is 11.5. The Bertz CT molecular complexity index is 415. The number of rotatable bonds is 2. The summed E-state index contributed by atoms with van der Waals surface area (Å²) < 4.78 is 0. The number of anilines is 1. The fourth-order valence-electron chi connectivity index (χ4n) is 0.945. The van der Waals surface area contributed by atoms with Crippen LogP contribution in [0, 0.1) is 0 Å². The van der Waals surface area contributed by atoms with Gasteiger partial charge in [0.05, 0.1) is 5.02 Å². The van der Waals surface area contributed by atoms with Crippen molar-refractivity contribution >= 4 is 35.8 Å². The fraction of sp³-hybridized carbons (Fsp3) is 0.182. The lowest BCUT2D eigenvalue weighted by atomic mass is 10.2. The lowest BCUT2D eigenvalue weighted by Gasteiger charge is -2.06. The number of benzene rings is 1. The summed E-state index contributed by atoms with van der Waals surface area (Å²) in [6.45, 7) is 3.57. The molecule has 15 heavy (non-hydrogen) atoms. The van der Waals surface area contributed by atoms with Crippen LogP contribution in [-0.4, -0.2) is 5.91 Å². The molecule has 1 N–H and O–H groups in total. The quantitative estimate of drug-likeness (QED) is 0.602. The van der Waals surface area contributed by atoms with Gasteiger partial charge in [0.1, 0.15) is 0 Å². The molecule has 0 atom stereocenters. The molecule has 4 heteroatoms.